The molecule has 2 aromatic heterocycles. The summed E-state index contributed by atoms with van der Waals surface area (Å²) in [5.74, 6) is 0. The van der Waals surface area contributed by atoms with Crippen LogP contribution in [0.15, 0.2) is 30.6 Å². The normalized spacial score (nSPS) is 10.5. The Labute approximate surface area is 114 Å². The maximum atomic E-state index is 5.86. The van der Waals surface area contributed by atoms with E-state index in [1.807, 2.05) is 38.4 Å². The molecule has 0 fully saturated rings. The van der Waals surface area contributed by atoms with Gasteiger partial charge in [0.15, 0.2) is 0 Å². The predicted octanol–water partition coefficient (Wildman–Crippen LogP) is 2.19. The summed E-state index contributed by atoms with van der Waals surface area (Å²) < 4.78 is 0. The van der Waals surface area contributed by atoms with Gasteiger partial charge in [-0.2, -0.15) is 0 Å². The van der Waals surface area contributed by atoms with Gasteiger partial charge in [-0.25, -0.2) is 0 Å². The van der Waals surface area contributed by atoms with E-state index in [9.17, 15) is 0 Å². The molecule has 0 saturated carbocycles. The third-order valence-corrected chi connectivity index (χ3v) is 3.22. The first-order chi connectivity index (χ1) is 9.11. The van der Waals surface area contributed by atoms with Crippen molar-refractivity contribution < 1.29 is 0 Å². The Morgan fingerprint density at radius 1 is 1.21 bits per heavy atom. The van der Waals surface area contributed by atoms with Gasteiger partial charge in [0.2, 0.25) is 0 Å². The third-order valence-electron chi connectivity index (χ3n) is 3.22. The summed E-state index contributed by atoms with van der Waals surface area (Å²) in [5.41, 5.74) is 11.4. The number of pyridine rings is 2. The molecule has 0 bridgehead atoms. The molecule has 2 N–H and O–H groups in total. The molecule has 0 unspecified atom stereocenters. The second kappa shape index (κ2) is 5.80. The van der Waals surface area contributed by atoms with E-state index in [2.05, 4.69) is 28.0 Å². The van der Waals surface area contributed by atoms with Gasteiger partial charge in [-0.3, -0.25) is 9.97 Å². The quantitative estimate of drug-likeness (QED) is 0.911. The molecule has 0 spiro atoms. The van der Waals surface area contributed by atoms with Crippen LogP contribution in [0, 0.1) is 13.8 Å². The van der Waals surface area contributed by atoms with Crippen LogP contribution in [0.3, 0.4) is 0 Å². The Morgan fingerprint density at radius 2 is 1.89 bits per heavy atom. The maximum absolute atomic E-state index is 5.86. The Hall–Kier alpha value is -1.94. The average molecular weight is 256 g/mol. The topological polar surface area (TPSA) is 55.0 Å². The first-order valence-electron chi connectivity index (χ1n) is 6.39. The molecular weight excluding hydrogens is 236 g/mol. The third kappa shape index (κ3) is 3.09. The molecule has 4 nitrogen and oxygen atoms in total. The van der Waals surface area contributed by atoms with Gasteiger partial charge in [-0.1, -0.05) is 0 Å². The number of aromatic nitrogens is 2. The fourth-order valence-corrected chi connectivity index (χ4v) is 2.27. The van der Waals surface area contributed by atoms with Crippen LogP contribution in [-0.4, -0.2) is 17.0 Å². The predicted molar refractivity (Wildman–Crippen MR) is 77.9 cm³/mol. The smallest absolute Gasteiger partial charge is 0.0448 e. The Bertz CT molecular complexity index is 552. The van der Waals surface area contributed by atoms with E-state index in [1.165, 1.54) is 5.56 Å². The SMILES string of the molecule is Cc1cc(N(C)Cc2ccncc2)c(CN)c(C)n1. The van der Waals surface area contributed by atoms with Crippen LogP contribution >= 0.6 is 0 Å². The molecule has 0 saturated heterocycles. The largest absolute Gasteiger partial charge is 0.370 e. The molecule has 0 aromatic carbocycles. The van der Waals surface area contributed by atoms with E-state index < -0.39 is 0 Å². The molecule has 0 radical (unpaired) electrons. The second-order valence-electron chi connectivity index (χ2n) is 4.76. The van der Waals surface area contributed by atoms with Crippen molar-refractivity contribution in [2.24, 2.45) is 5.73 Å². The number of nitrogens with two attached hydrogens (primary N) is 1. The van der Waals surface area contributed by atoms with Crippen molar-refractivity contribution in [3.8, 4) is 0 Å². The molecule has 2 aromatic rings. The first kappa shape index (κ1) is 13.5. The average Bonchev–Trinajstić information content (AvgIpc) is 2.39. The summed E-state index contributed by atoms with van der Waals surface area (Å²) in [7, 11) is 2.08. The highest BCUT2D eigenvalue weighted by Crippen LogP contribution is 2.23. The summed E-state index contributed by atoms with van der Waals surface area (Å²) in [6, 6.07) is 6.15. The standard InChI is InChI=1S/C15H20N4/c1-11-8-15(14(9-16)12(2)18-11)19(3)10-13-4-6-17-7-5-13/h4-8H,9-10,16H2,1-3H3. The van der Waals surface area contributed by atoms with E-state index in [0.717, 1.165) is 29.2 Å². The van der Waals surface area contributed by atoms with Crippen LogP contribution in [0.2, 0.25) is 0 Å². The van der Waals surface area contributed by atoms with Crippen LogP contribution in [0.1, 0.15) is 22.5 Å². The number of hydrogen-bond donors (Lipinski definition) is 1. The highest BCUT2D eigenvalue weighted by Gasteiger charge is 2.11. The number of anilines is 1. The van der Waals surface area contributed by atoms with Crippen molar-refractivity contribution in [2.75, 3.05) is 11.9 Å². The number of rotatable bonds is 4. The lowest BCUT2D eigenvalue weighted by Gasteiger charge is -2.23. The molecule has 0 amide bonds. The van der Waals surface area contributed by atoms with Crippen molar-refractivity contribution >= 4 is 5.69 Å². The minimum Gasteiger partial charge on any atom is -0.370 e. The Morgan fingerprint density at radius 3 is 2.53 bits per heavy atom. The van der Waals surface area contributed by atoms with Crippen LogP contribution < -0.4 is 10.6 Å². The number of hydrogen-bond acceptors (Lipinski definition) is 4. The van der Waals surface area contributed by atoms with Gasteiger partial charge in [-0.15, -0.1) is 0 Å². The summed E-state index contributed by atoms with van der Waals surface area (Å²) >= 11 is 0. The van der Waals surface area contributed by atoms with Crippen molar-refractivity contribution in [1.82, 2.24) is 9.97 Å². The molecule has 2 rings (SSSR count). The van der Waals surface area contributed by atoms with Crippen LogP contribution in [0.5, 0.6) is 0 Å². The molecule has 19 heavy (non-hydrogen) atoms. The molecule has 4 heteroatoms. The molecule has 0 aliphatic carbocycles. The zero-order valence-electron chi connectivity index (χ0n) is 11.7. The zero-order chi connectivity index (χ0) is 13.8. The van der Waals surface area contributed by atoms with E-state index in [-0.39, 0.29) is 0 Å². The highest BCUT2D eigenvalue weighted by molar-refractivity contribution is 5.55. The van der Waals surface area contributed by atoms with Gasteiger partial charge in [0.1, 0.15) is 0 Å². The van der Waals surface area contributed by atoms with Gasteiger partial charge in [-0.05, 0) is 37.6 Å². The minimum absolute atomic E-state index is 0.509. The fraction of sp³-hybridized carbons (Fsp3) is 0.333. The Kier molecular flexibility index (Phi) is 4.12. The molecule has 0 atom stereocenters. The molecule has 0 aliphatic rings. The molecule has 2 heterocycles. The fourth-order valence-electron chi connectivity index (χ4n) is 2.27. The monoisotopic (exact) mass is 256 g/mol. The van der Waals surface area contributed by atoms with Gasteiger partial charge < -0.3 is 10.6 Å². The summed E-state index contributed by atoms with van der Waals surface area (Å²) in [4.78, 5) is 10.7. The number of nitrogens with zero attached hydrogens (tertiary/aromatic N) is 3. The zero-order valence-corrected chi connectivity index (χ0v) is 11.7. The summed E-state index contributed by atoms with van der Waals surface area (Å²) in [5, 5.41) is 0. The van der Waals surface area contributed by atoms with Gasteiger partial charge in [0.05, 0.1) is 0 Å². The molecule has 100 valence electrons. The van der Waals surface area contributed by atoms with Crippen molar-refractivity contribution in [3.05, 3.63) is 53.1 Å². The van der Waals surface area contributed by atoms with E-state index >= 15 is 0 Å². The van der Waals surface area contributed by atoms with Crippen LogP contribution in [-0.2, 0) is 13.1 Å². The van der Waals surface area contributed by atoms with Gasteiger partial charge in [0, 0.05) is 55.2 Å². The number of aryl methyl sites for hydroxylation is 2. The van der Waals surface area contributed by atoms with E-state index in [0.29, 0.717) is 6.54 Å². The van der Waals surface area contributed by atoms with Crippen LogP contribution in [0.4, 0.5) is 5.69 Å². The van der Waals surface area contributed by atoms with Crippen molar-refractivity contribution in [1.29, 1.82) is 0 Å². The van der Waals surface area contributed by atoms with Gasteiger partial charge in [0.25, 0.3) is 0 Å². The molecule has 0 aliphatic heterocycles. The van der Waals surface area contributed by atoms with E-state index in [4.69, 9.17) is 5.73 Å². The lowest BCUT2D eigenvalue weighted by atomic mass is 10.1. The maximum Gasteiger partial charge on any atom is 0.0448 e. The van der Waals surface area contributed by atoms with Crippen molar-refractivity contribution in [3.63, 3.8) is 0 Å². The first-order valence-corrected chi connectivity index (χ1v) is 6.39. The van der Waals surface area contributed by atoms with E-state index in [1.54, 1.807) is 0 Å². The van der Waals surface area contributed by atoms with Crippen molar-refractivity contribution in [2.45, 2.75) is 26.9 Å². The molecular formula is C15H20N4. The summed E-state index contributed by atoms with van der Waals surface area (Å²) in [6.07, 6.45) is 3.63. The lowest BCUT2D eigenvalue weighted by Crippen LogP contribution is -2.20. The van der Waals surface area contributed by atoms with Gasteiger partial charge >= 0.3 is 0 Å². The second-order valence-corrected chi connectivity index (χ2v) is 4.76. The minimum atomic E-state index is 0.509. The highest BCUT2D eigenvalue weighted by atomic mass is 15.1. The lowest BCUT2D eigenvalue weighted by molar-refractivity contribution is 0.883. The van der Waals surface area contributed by atoms with Crippen LogP contribution in [0.25, 0.3) is 0 Å². The summed E-state index contributed by atoms with van der Waals surface area (Å²) in [6.45, 7) is 5.36. The Balaban J connectivity index is 2.30.